The second kappa shape index (κ2) is 6.79. The maximum Gasteiger partial charge on any atom is 0.264 e. The number of nitrogens with zero attached hydrogens (tertiary/aromatic N) is 1. The van der Waals surface area contributed by atoms with Crippen molar-refractivity contribution in [1.29, 1.82) is 0 Å². The Morgan fingerprint density at radius 1 is 1.13 bits per heavy atom. The van der Waals surface area contributed by atoms with E-state index in [0.717, 1.165) is 11.1 Å². The second-order valence-electron chi connectivity index (χ2n) is 4.97. The van der Waals surface area contributed by atoms with Crippen molar-refractivity contribution in [2.24, 2.45) is 4.99 Å². The van der Waals surface area contributed by atoms with Crippen LogP contribution in [0, 0.1) is 6.92 Å². The Balaban J connectivity index is 1.82. The Bertz CT molecular complexity index is 829. The van der Waals surface area contributed by atoms with Gasteiger partial charge in [-0.1, -0.05) is 41.4 Å². The topological polar surface area (TPSA) is 41.5 Å². The van der Waals surface area contributed by atoms with Crippen molar-refractivity contribution < 1.29 is 4.79 Å². The molecule has 6 heteroatoms. The van der Waals surface area contributed by atoms with Crippen LogP contribution in [0.3, 0.4) is 0 Å². The fourth-order valence-electron chi connectivity index (χ4n) is 1.96. The predicted octanol–water partition coefficient (Wildman–Crippen LogP) is 5.19. The highest BCUT2D eigenvalue weighted by Gasteiger charge is 2.23. The minimum absolute atomic E-state index is 0.165. The van der Waals surface area contributed by atoms with Gasteiger partial charge in [-0.3, -0.25) is 4.79 Å². The Hall–Kier alpha value is -1.75. The van der Waals surface area contributed by atoms with Crippen LogP contribution in [0.15, 0.2) is 52.4 Å². The maximum absolute atomic E-state index is 12.0. The molecule has 1 saturated heterocycles. The highest BCUT2D eigenvalue weighted by atomic mass is 35.5. The van der Waals surface area contributed by atoms with Gasteiger partial charge in [0.2, 0.25) is 0 Å². The lowest BCUT2D eigenvalue weighted by atomic mass is 10.2. The smallest absolute Gasteiger partial charge is 0.264 e. The fourth-order valence-corrected chi connectivity index (χ4v) is 3.10. The summed E-state index contributed by atoms with van der Waals surface area (Å²) in [5.41, 5.74) is 2.60. The average Bonchev–Trinajstić information content (AvgIpc) is 2.85. The van der Waals surface area contributed by atoms with Crippen LogP contribution < -0.4 is 5.32 Å². The molecule has 0 radical (unpaired) electrons. The van der Waals surface area contributed by atoms with E-state index >= 15 is 0 Å². The zero-order valence-corrected chi connectivity index (χ0v) is 14.5. The summed E-state index contributed by atoms with van der Waals surface area (Å²) in [6, 6.07) is 12.8. The van der Waals surface area contributed by atoms with Crippen LogP contribution >= 0.6 is 35.0 Å². The molecule has 3 nitrogen and oxygen atoms in total. The van der Waals surface area contributed by atoms with E-state index in [-0.39, 0.29) is 5.91 Å². The van der Waals surface area contributed by atoms with Crippen LogP contribution in [0.2, 0.25) is 10.0 Å². The number of hydrogen-bond acceptors (Lipinski definition) is 3. The highest BCUT2D eigenvalue weighted by molar-refractivity contribution is 8.18. The van der Waals surface area contributed by atoms with Gasteiger partial charge in [-0.15, -0.1) is 0 Å². The van der Waals surface area contributed by atoms with Gasteiger partial charge in [-0.05, 0) is 60.2 Å². The number of halogens is 2. The summed E-state index contributed by atoms with van der Waals surface area (Å²) in [6.07, 6.45) is 1.81. The van der Waals surface area contributed by atoms with Gasteiger partial charge < -0.3 is 5.32 Å². The second-order valence-corrected chi connectivity index (χ2v) is 6.84. The number of aliphatic imine (C=N–C) groups is 1. The van der Waals surface area contributed by atoms with Crippen LogP contribution in [0.5, 0.6) is 0 Å². The summed E-state index contributed by atoms with van der Waals surface area (Å²) in [5, 5.41) is 4.60. The average molecular weight is 363 g/mol. The summed E-state index contributed by atoms with van der Waals surface area (Å²) in [7, 11) is 0. The molecule has 0 unspecified atom stereocenters. The predicted molar refractivity (Wildman–Crippen MR) is 98.4 cm³/mol. The van der Waals surface area contributed by atoms with Crippen molar-refractivity contribution >= 4 is 57.8 Å². The van der Waals surface area contributed by atoms with Crippen LogP contribution in [0.4, 0.5) is 5.69 Å². The molecule has 0 aromatic heterocycles. The van der Waals surface area contributed by atoms with Crippen LogP contribution in [-0.4, -0.2) is 11.1 Å². The summed E-state index contributed by atoms with van der Waals surface area (Å²) in [4.78, 5) is 17.0. The highest BCUT2D eigenvalue weighted by Crippen LogP contribution is 2.29. The molecule has 1 aliphatic heterocycles. The van der Waals surface area contributed by atoms with E-state index in [1.54, 1.807) is 24.3 Å². The summed E-state index contributed by atoms with van der Waals surface area (Å²) in [6.45, 7) is 1.93. The van der Waals surface area contributed by atoms with Gasteiger partial charge in [0.15, 0.2) is 5.17 Å². The summed E-state index contributed by atoms with van der Waals surface area (Å²) < 4.78 is 0. The van der Waals surface area contributed by atoms with Crippen molar-refractivity contribution in [3.63, 3.8) is 0 Å². The largest absolute Gasteiger partial charge is 0.300 e. The van der Waals surface area contributed by atoms with Crippen molar-refractivity contribution in [3.8, 4) is 0 Å². The first-order valence-corrected chi connectivity index (χ1v) is 8.40. The standard InChI is InChI=1S/C17H12Cl2N2OS/c1-10-2-7-13(9-14(10)19)20-17-21-16(22)15(23-17)8-11-3-5-12(18)6-4-11/h2-9H,1H3,(H,20,21,22). The molecule has 23 heavy (non-hydrogen) atoms. The molecule has 0 aliphatic carbocycles. The third-order valence-corrected chi connectivity index (χ3v) is 4.77. The van der Waals surface area contributed by atoms with Gasteiger partial charge in [0.05, 0.1) is 10.6 Å². The fraction of sp³-hybridized carbons (Fsp3) is 0.0588. The van der Waals surface area contributed by atoms with Crippen LogP contribution in [0.25, 0.3) is 6.08 Å². The van der Waals surface area contributed by atoms with Crippen molar-refractivity contribution in [1.82, 2.24) is 5.32 Å². The molecule has 1 aliphatic rings. The Kier molecular flexibility index (Phi) is 4.76. The molecule has 1 N–H and O–H groups in total. The zero-order chi connectivity index (χ0) is 16.4. The number of hydrogen-bond donors (Lipinski definition) is 1. The van der Waals surface area contributed by atoms with E-state index in [2.05, 4.69) is 10.3 Å². The molecule has 0 spiro atoms. The number of carbonyl (C=O) groups excluding carboxylic acids is 1. The number of carbonyl (C=O) groups is 1. The van der Waals surface area contributed by atoms with Gasteiger partial charge in [0, 0.05) is 10.0 Å². The molecule has 1 amide bonds. The Morgan fingerprint density at radius 3 is 2.57 bits per heavy atom. The number of amidine groups is 1. The number of nitrogens with one attached hydrogen (secondary N) is 1. The van der Waals surface area contributed by atoms with Gasteiger partial charge in [-0.25, -0.2) is 4.99 Å². The van der Waals surface area contributed by atoms with Gasteiger partial charge in [0.25, 0.3) is 5.91 Å². The molecule has 3 rings (SSSR count). The number of thioether (sulfide) groups is 1. The minimum Gasteiger partial charge on any atom is -0.300 e. The Morgan fingerprint density at radius 2 is 1.87 bits per heavy atom. The minimum atomic E-state index is -0.165. The lowest BCUT2D eigenvalue weighted by molar-refractivity contribution is -0.115. The molecule has 2 aromatic carbocycles. The molecule has 1 fully saturated rings. The van der Waals surface area contributed by atoms with Crippen molar-refractivity contribution in [3.05, 3.63) is 68.5 Å². The Labute approximate surface area is 148 Å². The van der Waals surface area contributed by atoms with E-state index in [9.17, 15) is 4.79 Å². The summed E-state index contributed by atoms with van der Waals surface area (Å²) >= 11 is 13.2. The third kappa shape index (κ3) is 3.96. The van der Waals surface area contributed by atoms with Crippen LogP contribution in [-0.2, 0) is 4.79 Å². The quantitative estimate of drug-likeness (QED) is 0.746. The monoisotopic (exact) mass is 362 g/mol. The zero-order valence-electron chi connectivity index (χ0n) is 12.1. The molecule has 116 valence electrons. The van der Waals surface area contributed by atoms with Gasteiger partial charge in [-0.2, -0.15) is 0 Å². The normalized spacial score (nSPS) is 17.8. The molecule has 2 aromatic rings. The lowest BCUT2D eigenvalue weighted by Crippen LogP contribution is -2.19. The summed E-state index contributed by atoms with van der Waals surface area (Å²) in [5.74, 6) is -0.165. The third-order valence-electron chi connectivity index (χ3n) is 3.20. The first-order chi connectivity index (χ1) is 11.0. The number of amides is 1. The van der Waals surface area contributed by atoms with Crippen molar-refractivity contribution in [2.75, 3.05) is 0 Å². The van der Waals surface area contributed by atoms with Gasteiger partial charge >= 0.3 is 0 Å². The van der Waals surface area contributed by atoms with E-state index in [1.165, 1.54) is 11.8 Å². The first-order valence-electron chi connectivity index (χ1n) is 6.82. The molecule has 0 saturated carbocycles. The van der Waals surface area contributed by atoms with Crippen molar-refractivity contribution in [2.45, 2.75) is 6.92 Å². The van der Waals surface area contributed by atoms with E-state index in [1.807, 2.05) is 31.2 Å². The van der Waals surface area contributed by atoms with E-state index in [0.29, 0.717) is 25.8 Å². The van der Waals surface area contributed by atoms with Crippen LogP contribution in [0.1, 0.15) is 11.1 Å². The molecule has 0 bridgehead atoms. The lowest BCUT2D eigenvalue weighted by Gasteiger charge is -2.00. The number of benzene rings is 2. The molecular weight excluding hydrogens is 351 g/mol. The molecular formula is C17H12Cl2N2OS. The molecule has 0 atom stereocenters. The van der Waals surface area contributed by atoms with E-state index in [4.69, 9.17) is 23.2 Å². The first kappa shape index (κ1) is 16.1. The number of aryl methyl sites for hydroxylation is 1. The SMILES string of the molecule is Cc1ccc(N=C2NC(=O)C(=Cc3ccc(Cl)cc3)S2)cc1Cl. The molecule has 1 heterocycles. The number of rotatable bonds is 2. The van der Waals surface area contributed by atoms with E-state index < -0.39 is 0 Å². The van der Waals surface area contributed by atoms with Gasteiger partial charge in [0.1, 0.15) is 0 Å². The maximum atomic E-state index is 12.0.